The van der Waals surface area contributed by atoms with Crippen molar-refractivity contribution in [3.05, 3.63) is 45.9 Å². The highest BCUT2D eigenvalue weighted by Gasteiger charge is 2.11. The Balaban J connectivity index is 2.17. The summed E-state index contributed by atoms with van der Waals surface area (Å²) in [4.78, 5) is 5.38. The van der Waals surface area contributed by atoms with Gasteiger partial charge in [0, 0.05) is 11.1 Å². The van der Waals surface area contributed by atoms with Gasteiger partial charge in [-0.2, -0.15) is 0 Å². The maximum atomic E-state index is 6.02. The summed E-state index contributed by atoms with van der Waals surface area (Å²) in [6, 6.07) is 8.34. The summed E-state index contributed by atoms with van der Waals surface area (Å²) in [6.45, 7) is 2.15. The van der Waals surface area contributed by atoms with E-state index in [1.807, 2.05) is 12.1 Å². The van der Waals surface area contributed by atoms with E-state index in [0.29, 0.717) is 11.2 Å². The van der Waals surface area contributed by atoms with Crippen LogP contribution in [-0.4, -0.2) is 4.98 Å². The number of anilines is 1. The van der Waals surface area contributed by atoms with Gasteiger partial charge in [-0.05, 0) is 30.0 Å². The van der Waals surface area contributed by atoms with Crippen LogP contribution in [0.4, 0.5) is 5.69 Å². The number of nitrogens with zero attached hydrogens (tertiary/aromatic N) is 1. The topological polar surface area (TPSA) is 24.9 Å². The molecule has 0 aliphatic rings. The van der Waals surface area contributed by atoms with Crippen molar-refractivity contribution in [1.29, 1.82) is 0 Å². The molecule has 0 fully saturated rings. The molecule has 0 aliphatic carbocycles. The van der Waals surface area contributed by atoms with Gasteiger partial charge >= 0.3 is 0 Å². The van der Waals surface area contributed by atoms with Crippen molar-refractivity contribution < 1.29 is 0 Å². The normalized spacial score (nSPS) is 12.4. The molecule has 84 valence electrons. The second kappa shape index (κ2) is 5.32. The second-order valence-corrected chi connectivity index (χ2v) is 4.80. The van der Waals surface area contributed by atoms with E-state index in [2.05, 4.69) is 34.7 Å². The molecule has 2 aromatic rings. The van der Waals surface area contributed by atoms with Crippen LogP contribution in [0, 0.1) is 0 Å². The molecule has 2 heterocycles. The first-order valence-electron chi connectivity index (χ1n) is 5.21. The Bertz CT molecular complexity index is 442. The number of aromatic nitrogens is 1. The minimum Gasteiger partial charge on any atom is -0.375 e. The van der Waals surface area contributed by atoms with E-state index < -0.39 is 0 Å². The van der Waals surface area contributed by atoms with Crippen LogP contribution < -0.4 is 5.32 Å². The first-order chi connectivity index (χ1) is 7.81. The van der Waals surface area contributed by atoms with Crippen molar-refractivity contribution >= 4 is 28.6 Å². The minimum absolute atomic E-state index is 0.307. The van der Waals surface area contributed by atoms with Crippen molar-refractivity contribution in [2.75, 3.05) is 5.32 Å². The number of hydrogen-bond acceptors (Lipinski definition) is 3. The summed E-state index contributed by atoms with van der Waals surface area (Å²) in [5.41, 5.74) is 0.893. The molecule has 0 amide bonds. The highest BCUT2D eigenvalue weighted by Crippen LogP contribution is 2.28. The molecule has 2 nitrogen and oxygen atoms in total. The molecule has 2 rings (SSSR count). The third-order valence-electron chi connectivity index (χ3n) is 2.38. The van der Waals surface area contributed by atoms with E-state index in [0.717, 1.165) is 12.1 Å². The molecule has 16 heavy (non-hydrogen) atoms. The number of halogens is 1. The number of thiophene rings is 1. The first-order valence-corrected chi connectivity index (χ1v) is 6.47. The monoisotopic (exact) mass is 252 g/mol. The zero-order valence-corrected chi connectivity index (χ0v) is 10.6. The lowest BCUT2D eigenvalue weighted by Gasteiger charge is -2.17. The summed E-state index contributed by atoms with van der Waals surface area (Å²) < 4.78 is 0. The molecular formula is C12H13ClN2S. The fourth-order valence-corrected chi connectivity index (χ4v) is 2.58. The van der Waals surface area contributed by atoms with Gasteiger partial charge in [0.15, 0.2) is 5.15 Å². The van der Waals surface area contributed by atoms with E-state index in [1.165, 1.54) is 4.88 Å². The number of hydrogen-bond donors (Lipinski definition) is 1. The summed E-state index contributed by atoms with van der Waals surface area (Å²) in [5.74, 6) is 0. The van der Waals surface area contributed by atoms with E-state index in [-0.39, 0.29) is 0 Å². The predicted octanol–water partition coefficient (Wildman–Crippen LogP) is 4.36. The van der Waals surface area contributed by atoms with Gasteiger partial charge in [-0.15, -0.1) is 11.3 Å². The van der Waals surface area contributed by atoms with Gasteiger partial charge in [-0.1, -0.05) is 24.6 Å². The molecule has 0 aromatic carbocycles. The third-order valence-corrected chi connectivity index (χ3v) is 3.67. The number of nitrogens with one attached hydrogen (secondary N) is 1. The van der Waals surface area contributed by atoms with Crippen molar-refractivity contribution in [3.63, 3.8) is 0 Å². The van der Waals surface area contributed by atoms with E-state index in [1.54, 1.807) is 17.5 Å². The standard InChI is InChI=1S/C12H13ClN2S/c1-2-9(11-6-4-8-16-11)15-10-5-3-7-14-12(10)13/h3-9,15H,2H2,1H3. The Kier molecular flexibility index (Phi) is 3.80. The van der Waals surface area contributed by atoms with Crippen LogP contribution >= 0.6 is 22.9 Å². The van der Waals surface area contributed by atoms with Crippen LogP contribution in [0.25, 0.3) is 0 Å². The van der Waals surface area contributed by atoms with Crippen LogP contribution in [0.15, 0.2) is 35.8 Å². The average molecular weight is 253 g/mol. The van der Waals surface area contributed by atoms with E-state index in [4.69, 9.17) is 11.6 Å². The molecule has 1 N–H and O–H groups in total. The Hall–Kier alpha value is -1.06. The molecule has 1 unspecified atom stereocenters. The maximum Gasteiger partial charge on any atom is 0.152 e. The molecule has 0 saturated heterocycles. The van der Waals surface area contributed by atoms with Crippen molar-refractivity contribution in [2.45, 2.75) is 19.4 Å². The summed E-state index contributed by atoms with van der Waals surface area (Å²) in [7, 11) is 0. The zero-order valence-electron chi connectivity index (χ0n) is 8.98. The molecule has 2 aromatic heterocycles. The van der Waals surface area contributed by atoms with Crippen LogP contribution in [0.2, 0.25) is 5.15 Å². The molecule has 0 bridgehead atoms. The van der Waals surface area contributed by atoms with E-state index in [9.17, 15) is 0 Å². The predicted molar refractivity (Wildman–Crippen MR) is 70.2 cm³/mol. The largest absolute Gasteiger partial charge is 0.375 e. The summed E-state index contributed by atoms with van der Waals surface area (Å²) >= 11 is 7.77. The first kappa shape index (κ1) is 11.4. The SMILES string of the molecule is CCC(Nc1cccnc1Cl)c1cccs1. The van der Waals surface area contributed by atoms with Crippen LogP contribution in [0.3, 0.4) is 0 Å². The fourth-order valence-electron chi connectivity index (χ4n) is 1.55. The molecule has 1 atom stereocenters. The number of rotatable bonds is 4. The summed E-state index contributed by atoms with van der Waals surface area (Å²) in [6.07, 6.45) is 2.71. The lowest BCUT2D eigenvalue weighted by molar-refractivity contribution is 0.763. The molecular weight excluding hydrogens is 240 g/mol. The Morgan fingerprint density at radius 2 is 2.31 bits per heavy atom. The molecule has 0 radical (unpaired) electrons. The van der Waals surface area contributed by atoms with Gasteiger partial charge in [-0.3, -0.25) is 0 Å². The van der Waals surface area contributed by atoms with Crippen LogP contribution in [0.5, 0.6) is 0 Å². The van der Waals surface area contributed by atoms with Crippen LogP contribution in [0.1, 0.15) is 24.3 Å². The van der Waals surface area contributed by atoms with Gasteiger partial charge in [0.1, 0.15) is 0 Å². The van der Waals surface area contributed by atoms with Crippen LogP contribution in [-0.2, 0) is 0 Å². The van der Waals surface area contributed by atoms with E-state index >= 15 is 0 Å². The minimum atomic E-state index is 0.307. The lowest BCUT2D eigenvalue weighted by Crippen LogP contribution is -2.08. The second-order valence-electron chi connectivity index (χ2n) is 3.46. The zero-order chi connectivity index (χ0) is 11.4. The number of pyridine rings is 1. The third kappa shape index (κ3) is 2.54. The maximum absolute atomic E-state index is 6.02. The molecule has 0 aliphatic heterocycles. The van der Waals surface area contributed by atoms with Gasteiger partial charge in [0.25, 0.3) is 0 Å². The average Bonchev–Trinajstić information content (AvgIpc) is 2.81. The smallest absolute Gasteiger partial charge is 0.152 e. The quantitative estimate of drug-likeness (QED) is 0.818. The Morgan fingerprint density at radius 3 is 2.94 bits per heavy atom. The summed E-state index contributed by atoms with van der Waals surface area (Å²) in [5, 5.41) is 6.03. The van der Waals surface area contributed by atoms with Crippen molar-refractivity contribution in [1.82, 2.24) is 4.98 Å². The Labute approximate surface area is 104 Å². The van der Waals surface area contributed by atoms with Crippen molar-refractivity contribution in [2.24, 2.45) is 0 Å². The van der Waals surface area contributed by atoms with Gasteiger partial charge in [0.2, 0.25) is 0 Å². The molecule has 4 heteroatoms. The molecule has 0 spiro atoms. The van der Waals surface area contributed by atoms with Crippen molar-refractivity contribution in [3.8, 4) is 0 Å². The Morgan fingerprint density at radius 1 is 1.44 bits per heavy atom. The van der Waals surface area contributed by atoms with Gasteiger partial charge in [-0.25, -0.2) is 4.98 Å². The highest BCUT2D eigenvalue weighted by atomic mass is 35.5. The lowest BCUT2D eigenvalue weighted by atomic mass is 10.2. The molecule has 0 saturated carbocycles. The van der Waals surface area contributed by atoms with Gasteiger partial charge < -0.3 is 5.32 Å². The highest BCUT2D eigenvalue weighted by molar-refractivity contribution is 7.10. The van der Waals surface area contributed by atoms with Gasteiger partial charge in [0.05, 0.1) is 11.7 Å². The fraction of sp³-hybridized carbons (Fsp3) is 0.250.